The molecule has 1 N–H and O–H groups in total. The molecule has 9 nitrogen and oxygen atoms in total. The summed E-state index contributed by atoms with van der Waals surface area (Å²) in [5.74, 6) is -0.887. The fraction of sp³-hybridized carbons (Fsp3) is 0.323. The first kappa shape index (κ1) is 26.6. The predicted molar refractivity (Wildman–Crippen MR) is 146 cm³/mol. The zero-order valence-electron chi connectivity index (χ0n) is 22.3. The van der Waals surface area contributed by atoms with Gasteiger partial charge in [-0.1, -0.05) is 18.2 Å². The van der Waals surface area contributed by atoms with Gasteiger partial charge in [-0.2, -0.15) is 0 Å². The van der Waals surface area contributed by atoms with E-state index in [1.807, 2.05) is 17.0 Å². The first-order valence-electron chi connectivity index (χ1n) is 13.8. The summed E-state index contributed by atoms with van der Waals surface area (Å²) in [5.41, 5.74) is 3.24. The molecule has 0 bridgehead atoms. The van der Waals surface area contributed by atoms with Crippen LogP contribution in [-0.2, 0) is 16.1 Å². The number of piperidine rings is 2. The molecular weight excluding hydrogens is 527 g/mol. The molecule has 10 heteroatoms. The van der Waals surface area contributed by atoms with Crippen molar-refractivity contribution in [3.05, 3.63) is 83.4 Å². The highest BCUT2D eigenvalue weighted by Gasteiger charge is 2.39. The Morgan fingerprint density at radius 2 is 1.80 bits per heavy atom. The van der Waals surface area contributed by atoms with Crippen LogP contribution < -0.4 is 10.1 Å². The maximum atomic E-state index is 13.4. The van der Waals surface area contributed by atoms with Crippen molar-refractivity contribution in [3.8, 4) is 16.9 Å². The number of pyridine rings is 1. The third kappa shape index (κ3) is 5.41. The van der Waals surface area contributed by atoms with Crippen LogP contribution in [0.5, 0.6) is 5.75 Å². The molecule has 210 valence electrons. The number of likely N-dealkylation sites (tertiary alicyclic amines) is 1. The molecule has 0 radical (unpaired) electrons. The fourth-order valence-corrected chi connectivity index (χ4v) is 5.75. The van der Waals surface area contributed by atoms with E-state index < -0.39 is 11.9 Å². The fourth-order valence-electron chi connectivity index (χ4n) is 5.75. The minimum Gasteiger partial charge on any atom is -0.491 e. The van der Waals surface area contributed by atoms with Crippen LogP contribution in [0.1, 0.15) is 58.5 Å². The van der Waals surface area contributed by atoms with Gasteiger partial charge in [0.1, 0.15) is 29.9 Å². The van der Waals surface area contributed by atoms with E-state index in [-0.39, 0.29) is 42.5 Å². The van der Waals surface area contributed by atoms with Crippen molar-refractivity contribution in [2.24, 2.45) is 0 Å². The quantitative estimate of drug-likeness (QED) is 0.464. The number of imide groups is 1. The molecular formula is C31H29FN4O5. The summed E-state index contributed by atoms with van der Waals surface area (Å²) < 4.78 is 19.4. The van der Waals surface area contributed by atoms with E-state index >= 15 is 0 Å². The Labute approximate surface area is 236 Å². The number of ether oxygens (including phenoxy) is 1. The standard InChI is InChI=1S/C31H29FN4O5/c32-22-7-4-19(5-8-22)20-6-11-26(33-16-20)31(40)35-14-2-1-3-23(35)18-41-24-9-10-25-21(15-24)17-36(30(25)39)27-12-13-28(37)34-29(27)38/h4-11,15-16,23,27H,1-3,12-14,17-18H2,(H,34,37,38)/t23-,27?/m0/s1. The smallest absolute Gasteiger partial charge is 0.272 e. The number of hydrogen-bond acceptors (Lipinski definition) is 6. The number of amides is 4. The molecule has 1 unspecified atom stereocenters. The number of carbonyl (C=O) groups is 4. The van der Waals surface area contributed by atoms with Crippen molar-refractivity contribution in [2.75, 3.05) is 13.2 Å². The van der Waals surface area contributed by atoms with Crippen LogP contribution in [0, 0.1) is 5.82 Å². The van der Waals surface area contributed by atoms with Crippen LogP contribution in [0.4, 0.5) is 4.39 Å². The van der Waals surface area contributed by atoms with Crippen molar-refractivity contribution in [1.29, 1.82) is 0 Å². The lowest BCUT2D eigenvalue weighted by Crippen LogP contribution is -2.52. The summed E-state index contributed by atoms with van der Waals surface area (Å²) in [6.45, 7) is 1.17. The first-order chi connectivity index (χ1) is 19.9. The van der Waals surface area contributed by atoms with E-state index in [9.17, 15) is 23.6 Å². The molecule has 1 aromatic heterocycles. The van der Waals surface area contributed by atoms with Gasteiger partial charge in [-0.15, -0.1) is 0 Å². The Bertz CT molecular complexity index is 1510. The normalized spacial score (nSPS) is 20.6. The molecule has 2 aromatic carbocycles. The summed E-state index contributed by atoms with van der Waals surface area (Å²) in [4.78, 5) is 57.9. The van der Waals surface area contributed by atoms with E-state index in [0.717, 1.165) is 36.0 Å². The summed E-state index contributed by atoms with van der Waals surface area (Å²) >= 11 is 0. The van der Waals surface area contributed by atoms with Gasteiger partial charge in [-0.25, -0.2) is 4.39 Å². The maximum absolute atomic E-state index is 13.4. The zero-order valence-corrected chi connectivity index (χ0v) is 22.3. The van der Waals surface area contributed by atoms with Crippen LogP contribution in [0.25, 0.3) is 11.1 Å². The van der Waals surface area contributed by atoms with Gasteiger partial charge in [-0.3, -0.25) is 29.5 Å². The van der Waals surface area contributed by atoms with Gasteiger partial charge in [0, 0.05) is 36.8 Å². The van der Waals surface area contributed by atoms with E-state index in [4.69, 9.17) is 4.74 Å². The third-order valence-corrected chi connectivity index (χ3v) is 7.99. The number of nitrogens with one attached hydrogen (secondary N) is 1. The Hall–Kier alpha value is -4.60. The van der Waals surface area contributed by atoms with Crippen LogP contribution in [-0.4, -0.2) is 63.6 Å². The lowest BCUT2D eigenvalue weighted by atomic mass is 10.0. The van der Waals surface area contributed by atoms with Crippen molar-refractivity contribution in [3.63, 3.8) is 0 Å². The van der Waals surface area contributed by atoms with E-state index in [1.54, 1.807) is 36.5 Å². The second kappa shape index (κ2) is 11.1. The molecule has 41 heavy (non-hydrogen) atoms. The summed E-state index contributed by atoms with van der Waals surface area (Å²) in [6.07, 6.45) is 4.81. The van der Waals surface area contributed by atoms with Crippen molar-refractivity contribution >= 4 is 23.6 Å². The molecule has 3 aromatic rings. The molecule has 0 saturated carbocycles. The molecule has 2 fully saturated rings. The van der Waals surface area contributed by atoms with Crippen LogP contribution >= 0.6 is 0 Å². The Morgan fingerprint density at radius 3 is 2.56 bits per heavy atom. The second-order valence-electron chi connectivity index (χ2n) is 10.6. The Morgan fingerprint density at radius 1 is 1.00 bits per heavy atom. The molecule has 2 saturated heterocycles. The van der Waals surface area contributed by atoms with Crippen molar-refractivity contribution < 1.29 is 28.3 Å². The largest absolute Gasteiger partial charge is 0.491 e. The lowest BCUT2D eigenvalue weighted by molar-refractivity contribution is -0.136. The number of halogens is 1. The van der Waals surface area contributed by atoms with Gasteiger partial charge in [0.15, 0.2) is 0 Å². The van der Waals surface area contributed by atoms with Gasteiger partial charge < -0.3 is 14.5 Å². The van der Waals surface area contributed by atoms with Crippen molar-refractivity contribution in [1.82, 2.24) is 20.1 Å². The summed E-state index contributed by atoms with van der Waals surface area (Å²) in [6, 6.07) is 14.1. The van der Waals surface area contributed by atoms with Gasteiger partial charge in [0.05, 0.1) is 6.04 Å². The van der Waals surface area contributed by atoms with Crippen LogP contribution in [0.3, 0.4) is 0 Å². The van der Waals surface area contributed by atoms with Gasteiger partial charge in [0.25, 0.3) is 11.8 Å². The SMILES string of the molecule is O=C1CCC(N2Cc3cc(OC[C@@H]4CCCCN4C(=O)c4ccc(-c5ccc(F)cc5)cn4)ccc3C2=O)C(=O)N1. The van der Waals surface area contributed by atoms with Crippen molar-refractivity contribution in [2.45, 2.75) is 50.7 Å². The third-order valence-electron chi connectivity index (χ3n) is 7.99. The number of rotatable bonds is 6. The average Bonchev–Trinajstić information content (AvgIpc) is 3.31. The molecule has 0 aliphatic carbocycles. The van der Waals surface area contributed by atoms with Gasteiger partial charge >= 0.3 is 0 Å². The molecule has 6 rings (SSSR count). The maximum Gasteiger partial charge on any atom is 0.272 e. The topological polar surface area (TPSA) is 109 Å². The Balaban J connectivity index is 1.10. The predicted octanol–water partition coefficient (Wildman–Crippen LogP) is 3.72. The van der Waals surface area contributed by atoms with E-state index in [2.05, 4.69) is 10.3 Å². The highest BCUT2D eigenvalue weighted by atomic mass is 19.1. The minimum absolute atomic E-state index is 0.135. The lowest BCUT2D eigenvalue weighted by Gasteiger charge is -2.35. The second-order valence-corrected chi connectivity index (χ2v) is 10.6. The highest BCUT2D eigenvalue weighted by Crippen LogP contribution is 2.31. The van der Waals surface area contributed by atoms with Crippen LogP contribution in [0.15, 0.2) is 60.8 Å². The first-order valence-corrected chi connectivity index (χ1v) is 13.8. The van der Waals surface area contributed by atoms with Gasteiger partial charge in [0.2, 0.25) is 11.8 Å². The van der Waals surface area contributed by atoms with E-state index in [0.29, 0.717) is 36.6 Å². The molecule has 4 heterocycles. The number of carbonyl (C=O) groups excluding carboxylic acids is 4. The van der Waals surface area contributed by atoms with E-state index in [1.165, 1.54) is 17.0 Å². The molecule has 2 atom stereocenters. The molecule has 4 amide bonds. The monoisotopic (exact) mass is 556 g/mol. The van der Waals surface area contributed by atoms with Crippen LogP contribution in [0.2, 0.25) is 0 Å². The number of hydrogen-bond donors (Lipinski definition) is 1. The zero-order chi connectivity index (χ0) is 28.5. The molecule has 3 aliphatic heterocycles. The number of benzene rings is 2. The summed E-state index contributed by atoms with van der Waals surface area (Å²) in [5, 5.41) is 2.31. The molecule has 0 spiro atoms. The summed E-state index contributed by atoms with van der Waals surface area (Å²) in [7, 11) is 0. The molecule has 3 aliphatic rings. The minimum atomic E-state index is -0.669. The number of aromatic nitrogens is 1. The highest BCUT2D eigenvalue weighted by molar-refractivity contribution is 6.05. The number of fused-ring (bicyclic) bond motifs is 1. The van der Waals surface area contributed by atoms with Gasteiger partial charge in [-0.05, 0) is 73.2 Å². The average molecular weight is 557 g/mol. The number of nitrogens with zero attached hydrogens (tertiary/aromatic N) is 3. The Kier molecular flexibility index (Phi) is 7.21.